The first-order chi connectivity index (χ1) is 9.88. The van der Waals surface area contributed by atoms with Crippen LogP contribution in [0.5, 0.6) is 0 Å². The molecule has 0 saturated heterocycles. The number of aromatic nitrogens is 1. The molecular formula is C16H17N3O. The van der Waals surface area contributed by atoms with Crippen molar-refractivity contribution in [2.75, 3.05) is 11.4 Å². The number of hydrogen-bond acceptors (Lipinski definition) is 4. The van der Waals surface area contributed by atoms with Gasteiger partial charge in [0.15, 0.2) is 0 Å². The Kier molecular flexibility index (Phi) is 3.63. The van der Waals surface area contributed by atoms with E-state index in [0.29, 0.717) is 0 Å². The summed E-state index contributed by atoms with van der Waals surface area (Å²) in [5, 5.41) is 12.7. The van der Waals surface area contributed by atoms with E-state index in [1.54, 1.807) is 6.20 Å². The quantitative estimate of drug-likeness (QED) is 0.672. The van der Waals surface area contributed by atoms with E-state index in [2.05, 4.69) is 27.2 Å². The summed E-state index contributed by atoms with van der Waals surface area (Å²) < 4.78 is 0. The molecule has 0 unspecified atom stereocenters. The van der Waals surface area contributed by atoms with E-state index in [1.807, 2.05) is 30.5 Å². The number of para-hydroxylation sites is 1. The van der Waals surface area contributed by atoms with Crippen molar-refractivity contribution in [3.63, 3.8) is 0 Å². The van der Waals surface area contributed by atoms with Crippen molar-refractivity contribution in [1.29, 1.82) is 0 Å². The zero-order chi connectivity index (χ0) is 13.8. The summed E-state index contributed by atoms with van der Waals surface area (Å²) in [6, 6.07) is 12.2. The maximum absolute atomic E-state index is 9.20. The average molecular weight is 267 g/mol. The monoisotopic (exact) mass is 267 g/mol. The molecule has 0 fully saturated rings. The number of fused-ring (bicyclic) bond motifs is 1. The summed E-state index contributed by atoms with van der Waals surface area (Å²) in [4.78, 5) is 6.49. The first-order valence-corrected chi connectivity index (χ1v) is 6.82. The van der Waals surface area contributed by atoms with E-state index in [1.165, 1.54) is 5.56 Å². The van der Waals surface area contributed by atoms with Gasteiger partial charge in [0.05, 0.1) is 5.71 Å². The molecule has 1 N–H and O–H groups in total. The highest BCUT2D eigenvalue weighted by Crippen LogP contribution is 2.27. The normalized spacial score (nSPS) is 16.8. The smallest absolute Gasteiger partial charge is 0.0889 e. The van der Waals surface area contributed by atoms with Crippen molar-refractivity contribution in [2.24, 2.45) is 5.16 Å². The van der Waals surface area contributed by atoms with Gasteiger partial charge >= 0.3 is 0 Å². The van der Waals surface area contributed by atoms with Crippen molar-refractivity contribution in [1.82, 2.24) is 4.98 Å². The average Bonchev–Trinajstić information content (AvgIpc) is 2.68. The van der Waals surface area contributed by atoms with Crippen LogP contribution in [0, 0.1) is 0 Å². The highest BCUT2D eigenvalue weighted by atomic mass is 16.4. The Morgan fingerprint density at radius 2 is 2.10 bits per heavy atom. The molecule has 4 heteroatoms. The Bertz CT molecular complexity index is 610. The van der Waals surface area contributed by atoms with Gasteiger partial charge < -0.3 is 10.1 Å². The second-order valence-electron chi connectivity index (χ2n) is 4.95. The largest absolute Gasteiger partial charge is 0.411 e. The van der Waals surface area contributed by atoms with Crippen molar-refractivity contribution >= 4 is 11.4 Å². The lowest BCUT2D eigenvalue weighted by Crippen LogP contribution is -2.23. The number of nitrogens with zero attached hydrogens (tertiary/aromatic N) is 3. The minimum absolute atomic E-state index is 0.772. The van der Waals surface area contributed by atoms with Crippen molar-refractivity contribution in [3.8, 4) is 0 Å². The van der Waals surface area contributed by atoms with Crippen LogP contribution in [0.2, 0.25) is 0 Å². The Labute approximate surface area is 118 Å². The molecule has 1 aromatic carbocycles. The number of anilines is 1. The third-order valence-corrected chi connectivity index (χ3v) is 3.61. The van der Waals surface area contributed by atoms with Crippen LogP contribution >= 0.6 is 0 Å². The van der Waals surface area contributed by atoms with E-state index >= 15 is 0 Å². The topological polar surface area (TPSA) is 48.7 Å². The Morgan fingerprint density at radius 1 is 1.20 bits per heavy atom. The standard InChI is InChI=1S/C16H17N3O/c20-18-15-7-4-10-19(12-13-5-3-9-17-11-13)16-8-2-1-6-14(15)16/h1-3,5-6,8-9,11,20H,4,7,10,12H2/b18-15-. The second kappa shape index (κ2) is 5.74. The second-order valence-corrected chi connectivity index (χ2v) is 4.95. The van der Waals surface area contributed by atoms with Gasteiger partial charge in [0.2, 0.25) is 0 Å². The summed E-state index contributed by atoms with van der Waals surface area (Å²) in [6.07, 6.45) is 5.47. The molecule has 0 spiro atoms. The van der Waals surface area contributed by atoms with Crippen LogP contribution in [-0.2, 0) is 6.54 Å². The molecule has 3 rings (SSSR count). The first kappa shape index (κ1) is 12.7. The molecule has 0 saturated carbocycles. The van der Waals surface area contributed by atoms with Gasteiger partial charge in [-0.05, 0) is 30.5 Å². The minimum Gasteiger partial charge on any atom is -0.411 e. The molecule has 102 valence electrons. The maximum atomic E-state index is 9.20. The molecule has 1 aliphatic rings. The molecule has 0 bridgehead atoms. The fraction of sp³-hybridized carbons (Fsp3) is 0.250. The maximum Gasteiger partial charge on any atom is 0.0889 e. The van der Waals surface area contributed by atoms with E-state index in [9.17, 15) is 5.21 Å². The van der Waals surface area contributed by atoms with E-state index in [4.69, 9.17) is 0 Å². The summed E-state index contributed by atoms with van der Waals surface area (Å²) in [7, 11) is 0. The van der Waals surface area contributed by atoms with Gasteiger partial charge in [-0.3, -0.25) is 4.98 Å². The van der Waals surface area contributed by atoms with Crippen LogP contribution in [0.3, 0.4) is 0 Å². The summed E-state index contributed by atoms with van der Waals surface area (Å²) in [5.74, 6) is 0. The van der Waals surface area contributed by atoms with Crippen molar-refractivity contribution < 1.29 is 5.21 Å². The third kappa shape index (κ3) is 2.50. The van der Waals surface area contributed by atoms with Crippen LogP contribution < -0.4 is 4.90 Å². The number of pyridine rings is 1. The zero-order valence-electron chi connectivity index (χ0n) is 11.2. The van der Waals surface area contributed by atoms with Gasteiger partial charge in [0.1, 0.15) is 0 Å². The number of hydrogen-bond donors (Lipinski definition) is 1. The Hall–Kier alpha value is -2.36. The van der Waals surface area contributed by atoms with Gasteiger partial charge in [-0.1, -0.05) is 29.4 Å². The Balaban J connectivity index is 1.95. The van der Waals surface area contributed by atoms with Gasteiger partial charge in [0, 0.05) is 36.7 Å². The Morgan fingerprint density at radius 3 is 2.90 bits per heavy atom. The van der Waals surface area contributed by atoms with Crippen molar-refractivity contribution in [2.45, 2.75) is 19.4 Å². The molecule has 0 atom stereocenters. The summed E-state index contributed by atoms with van der Waals surface area (Å²) in [6.45, 7) is 1.77. The molecule has 1 aliphatic heterocycles. The van der Waals surface area contributed by atoms with Crippen LogP contribution in [0.1, 0.15) is 24.0 Å². The van der Waals surface area contributed by atoms with Crippen molar-refractivity contribution in [3.05, 3.63) is 59.9 Å². The van der Waals surface area contributed by atoms with E-state index in [0.717, 1.165) is 42.9 Å². The predicted octanol–water partition coefficient (Wildman–Crippen LogP) is 3.06. The molecule has 0 aliphatic carbocycles. The molecule has 1 aromatic heterocycles. The lowest BCUT2D eigenvalue weighted by atomic mass is 10.1. The van der Waals surface area contributed by atoms with Gasteiger partial charge in [-0.15, -0.1) is 0 Å². The number of benzene rings is 1. The fourth-order valence-corrected chi connectivity index (χ4v) is 2.67. The summed E-state index contributed by atoms with van der Waals surface area (Å²) in [5.41, 5.74) is 4.11. The van der Waals surface area contributed by atoms with Crippen LogP contribution in [0.4, 0.5) is 5.69 Å². The molecule has 0 amide bonds. The van der Waals surface area contributed by atoms with Gasteiger partial charge in [-0.2, -0.15) is 0 Å². The van der Waals surface area contributed by atoms with Gasteiger partial charge in [0.25, 0.3) is 0 Å². The van der Waals surface area contributed by atoms with E-state index in [-0.39, 0.29) is 0 Å². The fourth-order valence-electron chi connectivity index (χ4n) is 2.67. The zero-order valence-corrected chi connectivity index (χ0v) is 11.2. The lowest BCUT2D eigenvalue weighted by Gasteiger charge is -2.24. The van der Waals surface area contributed by atoms with Gasteiger partial charge in [-0.25, -0.2) is 0 Å². The number of rotatable bonds is 2. The van der Waals surface area contributed by atoms with Crippen LogP contribution in [-0.4, -0.2) is 22.4 Å². The molecule has 2 heterocycles. The summed E-state index contributed by atoms with van der Waals surface area (Å²) >= 11 is 0. The first-order valence-electron chi connectivity index (χ1n) is 6.82. The molecule has 4 nitrogen and oxygen atoms in total. The van der Waals surface area contributed by atoms with Crippen LogP contribution in [0.15, 0.2) is 53.9 Å². The SMILES string of the molecule is O/N=C1/CCCN(Cc2cccnc2)c2ccccc21. The molecule has 0 radical (unpaired) electrons. The highest BCUT2D eigenvalue weighted by molar-refractivity contribution is 6.05. The molecule has 2 aromatic rings. The van der Waals surface area contributed by atoms with Crippen LogP contribution in [0.25, 0.3) is 0 Å². The highest BCUT2D eigenvalue weighted by Gasteiger charge is 2.19. The molecule has 20 heavy (non-hydrogen) atoms. The predicted molar refractivity (Wildman–Crippen MR) is 79.3 cm³/mol. The third-order valence-electron chi connectivity index (χ3n) is 3.61. The molecular weight excluding hydrogens is 250 g/mol. The minimum atomic E-state index is 0.772. The number of oxime groups is 1. The lowest BCUT2D eigenvalue weighted by molar-refractivity contribution is 0.318. The van der Waals surface area contributed by atoms with E-state index < -0.39 is 0 Å².